The van der Waals surface area contributed by atoms with Crippen molar-refractivity contribution < 1.29 is 9.18 Å². The number of nitrogens with one attached hydrogen (secondary N) is 2. The van der Waals surface area contributed by atoms with Gasteiger partial charge in [-0.15, -0.1) is 0 Å². The highest BCUT2D eigenvalue weighted by atomic mass is 19.1. The largest absolute Gasteiger partial charge is 0.354 e. The summed E-state index contributed by atoms with van der Waals surface area (Å²) in [5.74, 6) is 0.391. The maximum Gasteiger partial charge on any atom is 0.224 e. The second-order valence-electron chi connectivity index (χ2n) is 6.57. The van der Waals surface area contributed by atoms with E-state index < -0.39 is 0 Å². The van der Waals surface area contributed by atoms with Gasteiger partial charge >= 0.3 is 0 Å². The highest BCUT2D eigenvalue weighted by molar-refractivity contribution is 5.80. The molecule has 0 atom stereocenters. The zero-order valence-corrected chi connectivity index (χ0v) is 15.5. The molecule has 1 aliphatic rings. The molecule has 2 aromatic rings. The number of hydrogen-bond donors (Lipinski definition) is 2. The monoisotopic (exact) mass is 368 g/mol. The molecule has 0 unspecified atom stereocenters. The molecule has 0 bridgehead atoms. The van der Waals surface area contributed by atoms with Gasteiger partial charge in [0.05, 0.1) is 6.42 Å². The third-order valence-electron chi connectivity index (χ3n) is 4.63. The van der Waals surface area contributed by atoms with E-state index in [9.17, 15) is 9.18 Å². The standard InChI is InChI=1S/C21H25FN4O/c1-23-21(26-12-9-17-6-2-3-7-18(17)15-26)25-11-10-24-20(27)14-16-5-4-8-19(22)13-16/h2-8,13H,9-12,14-15H2,1H3,(H,23,25)(H,24,27). The van der Waals surface area contributed by atoms with Crippen LogP contribution in [0, 0.1) is 5.82 Å². The second kappa shape index (κ2) is 9.16. The van der Waals surface area contributed by atoms with Gasteiger partial charge in [-0.1, -0.05) is 36.4 Å². The molecule has 1 amide bonds. The van der Waals surface area contributed by atoms with Crippen LogP contribution in [0.25, 0.3) is 0 Å². The van der Waals surface area contributed by atoms with Crippen LogP contribution < -0.4 is 10.6 Å². The van der Waals surface area contributed by atoms with Crippen LogP contribution in [0.1, 0.15) is 16.7 Å². The predicted octanol–water partition coefficient (Wildman–Crippen LogP) is 2.12. The fourth-order valence-electron chi connectivity index (χ4n) is 3.28. The Morgan fingerprint density at radius 3 is 2.67 bits per heavy atom. The first-order valence-electron chi connectivity index (χ1n) is 9.19. The van der Waals surface area contributed by atoms with Crippen LogP contribution in [0.4, 0.5) is 4.39 Å². The summed E-state index contributed by atoms with van der Waals surface area (Å²) >= 11 is 0. The third kappa shape index (κ3) is 5.29. The molecule has 0 spiro atoms. The van der Waals surface area contributed by atoms with E-state index >= 15 is 0 Å². The first-order chi connectivity index (χ1) is 13.2. The van der Waals surface area contributed by atoms with E-state index in [4.69, 9.17) is 0 Å². The molecule has 0 radical (unpaired) electrons. The summed E-state index contributed by atoms with van der Waals surface area (Å²) in [6, 6.07) is 14.6. The molecule has 1 aliphatic heterocycles. The number of nitrogens with zero attached hydrogens (tertiary/aromatic N) is 2. The van der Waals surface area contributed by atoms with Gasteiger partial charge in [-0.2, -0.15) is 0 Å². The maximum absolute atomic E-state index is 13.2. The maximum atomic E-state index is 13.2. The van der Waals surface area contributed by atoms with Crippen LogP contribution in [0.15, 0.2) is 53.5 Å². The zero-order valence-electron chi connectivity index (χ0n) is 15.5. The number of carbonyl (C=O) groups is 1. The highest BCUT2D eigenvalue weighted by Crippen LogP contribution is 2.18. The van der Waals surface area contributed by atoms with Crippen molar-refractivity contribution in [2.75, 3.05) is 26.7 Å². The van der Waals surface area contributed by atoms with E-state index in [-0.39, 0.29) is 18.1 Å². The summed E-state index contributed by atoms with van der Waals surface area (Å²) in [7, 11) is 1.77. The van der Waals surface area contributed by atoms with Gasteiger partial charge in [-0.05, 0) is 35.2 Å². The number of guanidine groups is 1. The Balaban J connectivity index is 1.42. The van der Waals surface area contributed by atoms with Gasteiger partial charge in [0.15, 0.2) is 5.96 Å². The molecule has 27 heavy (non-hydrogen) atoms. The number of halogens is 1. The summed E-state index contributed by atoms with van der Waals surface area (Å²) in [5, 5.41) is 6.15. The van der Waals surface area contributed by atoms with E-state index in [1.807, 2.05) is 0 Å². The minimum Gasteiger partial charge on any atom is -0.354 e. The number of fused-ring (bicyclic) bond motifs is 1. The number of hydrogen-bond acceptors (Lipinski definition) is 2. The van der Waals surface area contributed by atoms with E-state index in [0.29, 0.717) is 18.7 Å². The molecule has 1 heterocycles. The average molecular weight is 368 g/mol. The molecular formula is C21H25FN4O. The molecule has 0 aliphatic carbocycles. The lowest BCUT2D eigenvalue weighted by Gasteiger charge is -2.31. The summed E-state index contributed by atoms with van der Waals surface area (Å²) < 4.78 is 13.2. The lowest BCUT2D eigenvalue weighted by molar-refractivity contribution is -0.120. The Morgan fingerprint density at radius 1 is 1.11 bits per heavy atom. The minimum atomic E-state index is -0.325. The number of carbonyl (C=O) groups excluding carboxylic acids is 1. The van der Waals surface area contributed by atoms with Gasteiger partial charge in [0.2, 0.25) is 5.91 Å². The number of amides is 1. The SMILES string of the molecule is CN=C(NCCNC(=O)Cc1cccc(F)c1)N1CCc2ccccc2C1. The third-order valence-corrected chi connectivity index (χ3v) is 4.63. The Kier molecular flexibility index (Phi) is 6.41. The molecule has 6 heteroatoms. The van der Waals surface area contributed by atoms with Crippen molar-refractivity contribution in [3.8, 4) is 0 Å². The first kappa shape index (κ1) is 18.9. The van der Waals surface area contributed by atoms with Crippen LogP contribution >= 0.6 is 0 Å². The van der Waals surface area contributed by atoms with Crippen molar-refractivity contribution >= 4 is 11.9 Å². The first-order valence-corrected chi connectivity index (χ1v) is 9.19. The molecule has 0 fully saturated rings. The summed E-state index contributed by atoms with van der Waals surface area (Å²) in [4.78, 5) is 18.5. The van der Waals surface area contributed by atoms with Crippen LogP contribution in [0.5, 0.6) is 0 Å². The summed E-state index contributed by atoms with van der Waals surface area (Å²) in [6.07, 6.45) is 1.18. The zero-order chi connectivity index (χ0) is 19.1. The lowest BCUT2D eigenvalue weighted by atomic mass is 10.0. The normalized spacial score (nSPS) is 13.9. The fraction of sp³-hybridized carbons (Fsp3) is 0.333. The van der Waals surface area contributed by atoms with Crippen molar-refractivity contribution in [1.29, 1.82) is 0 Å². The van der Waals surface area contributed by atoms with E-state index in [0.717, 1.165) is 25.5 Å². The molecule has 0 saturated heterocycles. The highest BCUT2D eigenvalue weighted by Gasteiger charge is 2.18. The second-order valence-corrected chi connectivity index (χ2v) is 6.57. The molecule has 0 aromatic heterocycles. The van der Waals surface area contributed by atoms with Crippen LogP contribution in [-0.4, -0.2) is 43.4 Å². The Morgan fingerprint density at radius 2 is 1.89 bits per heavy atom. The molecule has 3 rings (SSSR count). The summed E-state index contributed by atoms with van der Waals surface area (Å²) in [6.45, 7) is 2.82. The Labute approximate surface area is 159 Å². The van der Waals surface area contributed by atoms with E-state index in [1.165, 1.54) is 23.3 Å². The minimum absolute atomic E-state index is 0.121. The van der Waals surface area contributed by atoms with Crippen LogP contribution in [0.3, 0.4) is 0 Å². The van der Waals surface area contributed by atoms with E-state index in [1.54, 1.807) is 19.2 Å². The molecule has 5 nitrogen and oxygen atoms in total. The number of rotatable bonds is 5. The van der Waals surface area contributed by atoms with Crippen molar-refractivity contribution in [2.45, 2.75) is 19.4 Å². The smallest absolute Gasteiger partial charge is 0.224 e. The van der Waals surface area contributed by atoms with Crippen molar-refractivity contribution in [1.82, 2.24) is 15.5 Å². The average Bonchev–Trinajstić information content (AvgIpc) is 2.68. The van der Waals surface area contributed by atoms with Crippen molar-refractivity contribution in [3.05, 3.63) is 71.0 Å². The van der Waals surface area contributed by atoms with Crippen LogP contribution in [0.2, 0.25) is 0 Å². The molecule has 142 valence electrons. The quantitative estimate of drug-likeness (QED) is 0.483. The van der Waals surface area contributed by atoms with Gasteiger partial charge in [0, 0.05) is 33.2 Å². The van der Waals surface area contributed by atoms with Crippen molar-refractivity contribution in [3.63, 3.8) is 0 Å². The topological polar surface area (TPSA) is 56.7 Å². The summed E-state index contributed by atoms with van der Waals surface area (Å²) in [5.41, 5.74) is 3.40. The van der Waals surface area contributed by atoms with Gasteiger partial charge in [-0.25, -0.2) is 4.39 Å². The van der Waals surface area contributed by atoms with Gasteiger partial charge < -0.3 is 15.5 Å². The Bertz CT molecular complexity index is 821. The molecule has 0 saturated carbocycles. The number of aliphatic imine (C=N–C) groups is 1. The predicted molar refractivity (Wildman–Crippen MR) is 105 cm³/mol. The van der Waals surface area contributed by atoms with Crippen molar-refractivity contribution in [2.24, 2.45) is 4.99 Å². The van der Waals surface area contributed by atoms with Gasteiger partial charge in [0.25, 0.3) is 0 Å². The fourth-order valence-corrected chi connectivity index (χ4v) is 3.28. The molecular weight excluding hydrogens is 343 g/mol. The van der Waals surface area contributed by atoms with Gasteiger partial charge in [0.1, 0.15) is 5.82 Å². The Hall–Kier alpha value is -2.89. The van der Waals surface area contributed by atoms with E-state index in [2.05, 4.69) is 44.8 Å². The van der Waals surface area contributed by atoms with Gasteiger partial charge in [-0.3, -0.25) is 9.79 Å². The van der Waals surface area contributed by atoms with Crippen LogP contribution in [-0.2, 0) is 24.2 Å². The lowest BCUT2D eigenvalue weighted by Crippen LogP contribution is -2.46. The number of benzene rings is 2. The molecule has 2 aromatic carbocycles. The molecule has 2 N–H and O–H groups in total.